The first-order valence-corrected chi connectivity index (χ1v) is 8.27. The van der Waals surface area contributed by atoms with Crippen molar-refractivity contribution in [3.63, 3.8) is 0 Å². The summed E-state index contributed by atoms with van der Waals surface area (Å²) < 4.78 is 1.84. The van der Waals surface area contributed by atoms with Gasteiger partial charge in [0.25, 0.3) is 5.91 Å². The van der Waals surface area contributed by atoms with E-state index < -0.39 is 0 Å². The number of para-hydroxylation sites is 1. The van der Waals surface area contributed by atoms with E-state index in [-0.39, 0.29) is 11.4 Å². The summed E-state index contributed by atoms with van der Waals surface area (Å²) in [5, 5.41) is 15.6. The molecule has 6 heteroatoms. The van der Waals surface area contributed by atoms with Crippen molar-refractivity contribution in [1.29, 1.82) is 0 Å². The molecule has 2 aromatic heterocycles. The highest BCUT2D eigenvalue weighted by molar-refractivity contribution is 6.07. The fourth-order valence-corrected chi connectivity index (χ4v) is 2.91. The maximum absolute atomic E-state index is 12.9. The van der Waals surface area contributed by atoms with Gasteiger partial charge >= 0.3 is 0 Å². The van der Waals surface area contributed by atoms with Crippen LogP contribution in [-0.4, -0.2) is 25.9 Å². The molecule has 1 saturated carbocycles. The Morgan fingerprint density at radius 3 is 2.83 bits per heavy atom. The number of nitrogens with one attached hydrogen (secondary N) is 2. The van der Waals surface area contributed by atoms with E-state index in [4.69, 9.17) is 5.10 Å². The number of hydrogen-bond donors (Lipinski definition) is 2. The zero-order valence-electron chi connectivity index (χ0n) is 14.1. The predicted octanol–water partition coefficient (Wildman–Crippen LogP) is 3.64. The van der Waals surface area contributed by atoms with Gasteiger partial charge < -0.3 is 5.32 Å². The Bertz CT molecular complexity index is 911. The van der Waals surface area contributed by atoms with Crippen LogP contribution in [0.15, 0.2) is 30.5 Å². The van der Waals surface area contributed by atoms with Crippen molar-refractivity contribution < 1.29 is 4.79 Å². The van der Waals surface area contributed by atoms with Gasteiger partial charge in [0, 0.05) is 11.3 Å². The minimum atomic E-state index is -0.250. The van der Waals surface area contributed by atoms with E-state index in [1.54, 1.807) is 6.20 Å². The number of amides is 1. The summed E-state index contributed by atoms with van der Waals surface area (Å²) in [6, 6.07) is 7.67. The van der Waals surface area contributed by atoms with E-state index in [2.05, 4.69) is 36.3 Å². The van der Waals surface area contributed by atoms with Crippen molar-refractivity contribution >= 4 is 22.5 Å². The third-order valence-corrected chi connectivity index (χ3v) is 4.32. The van der Waals surface area contributed by atoms with E-state index in [9.17, 15) is 4.79 Å². The Morgan fingerprint density at radius 2 is 2.12 bits per heavy atom. The van der Waals surface area contributed by atoms with Crippen molar-refractivity contribution in [2.24, 2.45) is 0 Å². The molecule has 0 aliphatic heterocycles. The summed E-state index contributed by atoms with van der Waals surface area (Å²) in [6.07, 6.45) is 4.07. The molecule has 0 spiro atoms. The number of carbonyl (C=O) groups is 1. The fourth-order valence-electron chi connectivity index (χ4n) is 2.91. The molecule has 1 aliphatic rings. The van der Waals surface area contributed by atoms with Gasteiger partial charge in [-0.05, 0) is 45.7 Å². The molecular weight excluding hydrogens is 302 g/mol. The average Bonchev–Trinajstić information content (AvgIpc) is 3.09. The van der Waals surface area contributed by atoms with Crippen LogP contribution in [0.2, 0.25) is 0 Å². The largest absolute Gasteiger partial charge is 0.319 e. The maximum atomic E-state index is 12.9. The molecule has 0 radical (unpaired) electrons. The Morgan fingerprint density at radius 1 is 1.33 bits per heavy atom. The molecule has 1 aromatic carbocycles. The zero-order valence-corrected chi connectivity index (χ0v) is 14.1. The van der Waals surface area contributed by atoms with Gasteiger partial charge in [0.15, 0.2) is 0 Å². The summed E-state index contributed by atoms with van der Waals surface area (Å²) in [5.41, 5.74) is 2.93. The molecule has 2 heterocycles. The highest BCUT2D eigenvalue weighted by Crippen LogP contribution is 2.40. The van der Waals surface area contributed by atoms with Gasteiger partial charge in [0.2, 0.25) is 0 Å². The van der Waals surface area contributed by atoms with Gasteiger partial charge in [-0.3, -0.25) is 14.6 Å². The van der Waals surface area contributed by atoms with Gasteiger partial charge in [0.05, 0.1) is 28.6 Å². The minimum absolute atomic E-state index is 0.147. The lowest BCUT2D eigenvalue weighted by atomic mass is 10.1. The van der Waals surface area contributed by atoms with Crippen molar-refractivity contribution in [1.82, 2.24) is 20.0 Å². The molecule has 3 aromatic rings. The number of aromatic nitrogens is 4. The normalized spacial score (nSPS) is 15.0. The first-order valence-electron chi connectivity index (χ1n) is 8.27. The SMILES string of the molecule is CC(C)(C)n1nc(C2CC2)cc1C(=O)Nc1cccc2cn[nH]c12. The van der Waals surface area contributed by atoms with Crippen LogP contribution in [0, 0.1) is 0 Å². The van der Waals surface area contributed by atoms with Crippen molar-refractivity contribution in [2.75, 3.05) is 5.32 Å². The molecule has 1 amide bonds. The second-order valence-electron chi connectivity index (χ2n) is 7.41. The summed E-state index contributed by atoms with van der Waals surface area (Å²) in [7, 11) is 0. The van der Waals surface area contributed by atoms with E-state index in [0.29, 0.717) is 11.6 Å². The summed E-state index contributed by atoms with van der Waals surface area (Å²) >= 11 is 0. The summed E-state index contributed by atoms with van der Waals surface area (Å²) in [4.78, 5) is 12.9. The third-order valence-electron chi connectivity index (χ3n) is 4.32. The Labute approximate surface area is 140 Å². The third kappa shape index (κ3) is 2.58. The molecule has 2 N–H and O–H groups in total. The number of fused-ring (bicyclic) bond motifs is 1. The van der Waals surface area contributed by atoms with Gasteiger partial charge in [-0.2, -0.15) is 10.2 Å². The van der Waals surface area contributed by atoms with Crippen LogP contribution in [-0.2, 0) is 5.54 Å². The smallest absolute Gasteiger partial charge is 0.274 e. The minimum Gasteiger partial charge on any atom is -0.319 e. The van der Waals surface area contributed by atoms with Crippen molar-refractivity contribution in [3.8, 4) is 0 Å². The van der Waals surface area contributed by atoms with Crippen LogP contribution >= 0.6 is 0 Å². The van der Waals surface area contributed by atoms with Gasteiger partial charge in [0.1, 0.15) is 5.69 Å². The van der Waals surface area contributed by atoms with E-state index in [0.717, 1.165) is 35.1 Å². The number of anilines is 1. The second kappa shape index (κ2) is 5.19. The lowest BCUT2D eigenvalue weighted by Gasteiger charge is -2.22. The summed E-state index contributed by atoms with van der Waals surface area (Å²) in [5.74, 6) is 0.364. The molecular formula is C18H21N5O. The number of rotatable bonds is 3. The standard InChI is InChI=1S/C18H21N5O/c1-18(2,3)23-15(9-14(22-23)11-7-8-11)17(24)20-13-6-4-5-12-10-19-21-16(12)13/h4-6,9-11H,7-8H2,1-3H3,(H,19,21)(H,20,24). The van der Waals surface area contributed by atoms with Gasteiger partial charge in [-0.15, -0.1) is 0 Å². The molecule has 0 atom stereocenters. The van der Waals surface area contributed by atoms with Crippen LogP contribution in [0.1, 0.15) is 55.7 Å². The lowest BCUT2D eigenvalue weighted by Crippen LogP contribution is -2.29. The molecule has 124 valence electrons. The first-order chi connectivity index (χ1) is 11.4. The Hall–Kier alpha value is -2.63. The number of benzene rings is 1. The van der Waals surface area contributed by atoms with Crippen LogP contribution < -0.4 is 5.32 Å². The second-order valence-corrected chi connectivity index (χ2v) is 7.41. The predicted molar refractivity (Wildman–Crippen MR) is 93.2 cm³/mol. The topological polar surface area (TPSA) is 75.6 Å². The fraction of sp³-hybridized carbons (Fsp3) is 0.389. The first kappa shape index (κ1) is 14.9. The monoisotopic (exact) mass is 323 g/mol. The van der Waals surface area contributed by atoms with E-state index >= 15 is 0 Å². The highest BCUT2D eigenvalue weighted by atomic mass is 16.2. The average molecular weight is 323 g/mol. The molecule has 1 fully saturated rings. The highest BCUT2D eigenvalue weighted by Gasteiger charge is 2.31. The van der Waals surface area contributed by atoms with Crippen LogP contribution in [0.3, 0.4) is 0 Å². The molecule has 0 saturated heterocycles. The van der Waals surface area contributed by atoms with Crippen LogP contribution in [0.5, 0.6) is 0 Å². The molecule has 0 bridgehead atoms. The summed E-state index contributed by atoms with van der Waals surface area (Å²) in [6.45, 7) is 6.18. The zero-order chi connectivity index (χ0) is 16.9. The Kier molecular flexibility index (Phi) is 3.23. The van der Waals surface area contributed by atoms with Crippen molar-refractivity contribution in [2.45, 2.75) is 45.1 Å². The molecule has 24 heavy (non-hydrogen) atoms. The van der Waals surface area contributed by atoms with E-state index in [1.807, 2.05) is 28.9 Å². The number of carbonyl (C=O) groups excluding carboxylic acids is 1. The molecule has 6 nitrogen and oxygen atoms in total. The maximum Gasteiger partial charge on any atom is 0.274 e. The van der Waals surface area contributed by atoms with Crippen molar-refractivity contribution in [3.05, 3.63) is 41.9 Å². The van der Waals surface area contributed by atoms with E-state index in [1.165, 1.54) is 0 Å². The number of H-pyrrole nitrogens is 1. The molecule has 1 aliphatic carbocycles. The van der Waals surface area contributed by atoms with Gasteiger partial charge in [-0.25, -0.2) is 0 Å². The lowest BCUT2D eigenvalue weighted by molar-refractivity contribution is 0.100. The quantitative estimate of drug-likeness (QED) is 0.772. The number of aromatic amines is 1. The molecule has 0 unspecified atom stereocenters. The van der Waals surface area contributed by atoms with Crippen LogP contribution in [0.4, 0.5) is 5.69 Å². The number of hydrogen-bond acceptors (Lipinski definition) is 3. The Balaban J connectivity index is 1.70. The number of nitrogens with zero attached hydrogens (tertiary/aromatic N) is 3. The molecule has 4 rings (SSSR count). The van der Waals surface area contributed by atoms with Crippen LogP contribution in [0.25, 0.3) is 10.9 Å². The van der Waals surface area contributed by atoms with Gasteiger partial charge in [-0.1, -0.05) is 12.1 Å².